The molecule has 1 saturated carbocycles. The van der Waals surface area contributed by atoms with Crippen molar-refractivity contribution in [2.45, 2.75) is 46.1 Å². The third-order valence-corrected chi connectivity index (χ3v) is 3.28. The van der Waals surface area contributed by atoms with Crippen molar-refractivity contribution in [3.8, 4) is 0 Å². The molecule has 0 radical (unpaired) electrons. The minimum Gasteiger partial charge on any atom is -0.380 e. The quantitative estimate of drug-likeness (QED) is 0.594. The normalized spacial score (nSPS) is 16.8. The van der Waals surface area contributed by atoms with Gasteiger partial charge in [-0.1, -0.05) is 20.8 Å². The van der Waals surface area contributed by atoms with Crippen LogP contribution < -0.4 is 5.32 Å². The highest BCUT2D eigenvalue weighted by atomic mass is 16.5. The Labute approximate surface area is 107 Å². The predicted molar refractivity (Wildman–Crippen MR) is 73.4 cm³/mol. The maximum Gasteiger partial charge on any atom is 0.0593 e. The Morgan fingerprint density at radius 1 is 1.35 bits per heavy atom. The summed E-state index contributed by atoms with van der Waals surface area (Å²) in [5.41, 5.74) is 0.243. The van der Waals surface area contributed by atoms with Crippen LogP contribution in [0.3, 0.4) is 0 Å². The zero-order valence-electron chi connectivity index (χ0n) is 12.1. The molecule has 0 aromatic rings. The van der Waals surface area contributed by atoms with E-state index in [1.165, 1.54) is 19.3 Å². The molecule has 1 rings (SSSR count). The van der Waals surface area contributed by atoms with Crippen molar-refractivity contribution < 1.29 is 4.74 Å². The smallest absolute Gasteiger partial charge is 0.0593 e. The van der Waals surface area contributed by atoms with Crippen molar-refractivity contribution >= 4 is 0 Å². The Kier molecular flexibility index (Phi) is 6.45. The van der Waals surface area contributed by atoms with Gasteiger partial charge in [0.15, 0.2) is 0 Å². The Bertz CT molecular complexity index is 202. The summed E-state index contributed by atoms with van der Waals surface area (Å²) in [6.45, 7) is 11.7. The van der Waals surface area contributed by atoms with E-state index in [0.29, 0.717) is 0 Å². The Balaban J connectivity index is 1.99. The summed E-state index contributed by atoms with van der Waals surface area (Å²) in [6.07, 6.45) is 3.95. The molecule has 3 nitrogen and oxygen atoms in total. The van der Waals surface area contributed by atoms with Gasteiger partial charge in [-0.15, -0.1) is 0 Å². The molecule has 1 fully saturated rings. The van der Waals surface area contributed by atoms with Crippen molar-refractivity contribution in [3.05, 3.63) is 0 Å². The van der Waals surface area contributed by atoms with Gasteiger partial charge in [-0.3, -0.25) is 0 Å². The number of likely N-dealkylation sites (N-methyl/N-ethyl adjacent to an activating group) is 1. The summed E-state index contributed by atoms with van der Waals surface area (Å²) in [5.74, 6) is 0. The van der Waals surface area contributed by atoms with Crippen LogP contribution in [0.1, 0.15) is 40.0 Å². The van der Waals surface area contributed by atoms with Crippen LogP contribution >= 0.6 is 0 Å². The van der Waals surface area contributed by atoms with Gasteiger partial charge in [0.25, 0.3) is 0 Å². The number of ether oxygens (including phenoxy) is 1. The first-order valence-electron chi connectivity index (χ1n) is 7.04. The highest BCUT2D eigenvalue weighted by molar-refractivity contribution is 4.82. The number of nitrogens with zero attached hydrogens (tertiary/aromatic N) is 1. The fraction of sp³-hybridized carbons (Fsp3) is 1.00. The van der Waals surface area contributed by atoms with Gasteiger partial charge in [0, 0.05) is 24.5 Å². The maximum atomic E-state index is 5.80. The van der Waals surface area contributed by atoms with E-state index in [4.69, 9.17) is 4.74 Å². The SMILES string of the molecule is CCCNCC(C)(C)COCCN(C)C1CC1. The second-order valence-corrected chi connectivity index (χ2v) is 6.11. The summed E-state index contributed by atoms with van der Waals surface area (Å²) in [5, 5.41) is 3.46. The molecule has 0 saturated heterocycles. The van der Waals surface area contributed by atoms with Gasteiger partial charge in [-0.2, -0.15) is 0 Å². The van der Waals surface area contributed by atoms with Gasteiger partial charge in [0.05, 0.1) is 13.2 Å². The molecule has 17 heavy (non-hydrogen) atoms. The van der Waals surface area contributed by atoms with Crippen LogP contribution in [0.4, 0.5) is 0 Å². The molecule has 1 aliphatic rings. The molecule has 102 valence electrons. The van der Waals surface area contributed by atoms with E-state index in [1.807, 2.05) is 0 Å². The lowest BCUT2D eigenvalue weighted by Gasteiger charge is -2.25. The predicted octanol–water partition coefficient (Wildman–Crippen LogP) is 2.12. The molecular weight excluding hydrogens is 212 g/mol. The first kappa shape index (κ1) is 14.9. The molecular formula is C14H30N2O. The van der Waals surface area contributed by atoms with Crippen LogP contribution in [0.15, 0.2) is 0 Å². The Hall–Kier alpha value is -0.120. The van der Waals surface area contributed by atoms with Crippen LogP contribution in [0.2, 0.25) is 0 Å². The average molecular weight is 242 g/mol. The lowest BCUT2D eigenvalue weighted by atomic mass is 9.95. The summed E-state index contributed by atoms with van der Waals surface area (Å²) in [4.78, 5) is 2.42. The molecule has 0 bridgehead atoms. The van der Waals surface area contributed by atoms with Crippen molar-refractivity contribution in [1.29, 1.82) is 0 Å². The van der Waals surface area contributed by atoms with Crippen LogP contribution in [0.25, 0.3) is 0 Å². The fourth-order valence-corrected chi connectivity index (χ4v) is 1.91. The van der Waals surface area contributed by atoms with E-state index in [2.05, 4.69) is 38.0 Å². The number of rotatable bonds is 10. The lowest BCUT2D eigenvalue weighted by molar-refractivity contribution is 0.0500. The molecule has 1 aliphatic carbocycles. The summed E-state index contributed by atoms with van der Waals surface area (Å²) in [6, 6.07) is 0.845. The number of hydrogen-bond donors (Lipinski definition) is 1. The second kappa shape index (κ2) is 7.34. The molecule has 0 atom stereocenters. The first-order chi connectivity index (χ1) is 8.05. The highest BCUT2D eigenvalue weighted by Crippen LogP contribution is 2.24. The topological polar surface area (TPSA) is 24.5 Å². The summed E-state index contributed by atoms with van der Waals surface area (Å²) >= 11 is 0. The van der Waals surface area contributed by atoms with Gasteiger partial charge in [-0.25, -0.2) is 0 Å². The van der Waals surface area contributed by atoms with Crippen molar-refractivity contribution in [2.75, 3.05) is 39.9 Å². The van der Waals surface area contributed by atoms with E-state index in [-0.39, 0.29) is 5.41 Å². The van der Waals surface area contributed by atoms with Crippen molar-refractivity contribution in [3.63, 3.8) is 0 Å². The largest absolute Gasteiger partial charge is 0.380 e. The van der Waals surface area contributed by atoms with Gasteiger partial charge >= 0.3 is 0 Å². The third kappa shape index (κ3) is 7.02. The molecule has 0 heterocycles. The van der Waals surface area contributed by atoms with Crippen LogP contribution in [-0.4, -0.2) is 50.8 Å². The van der Waals surface area contributed by atoms with Gasteiger partial charge in [0.1, 0.15) is 0 Å². The molecule has 0 aromatic heterocycles. The molecule has 3 heteroatoms. The monoisotopic (exact) mass is 242 g/mol. The molecule has 0 unspecified atom stereocenters. The van der Waals surface area contributed by atoms with Crippen LogP contribution in [0, 0.1) is 5.41 Å². The molecule has 0 spiro atoms. The fourth-order valence-electron chi connectivity index (χ4n) is 1.91. The number of nitrogens with one attached hydrogen (secondary N) is 1. The Morgan fingerprint density at radius 2 is 2.06 bits per heavy atom. The van der Waals surface area contributed by atoms with E-state index in [1.54, 1.807) is 0 Å². The second-order valence-electron chi connectivity index (χ2n) is 6.11. The zero-order valence-corrected chi connectivity index (χ0v) is 12.1. The van der Waals surface area contributed by atoms with Gasteiger partial charge < -0.3 is 15.0 Å². The average Bonchev–Trinajstić information content (AvgIpc) is 3.08. The molecule has 1 N–H and O–H groups in total. The standard InChI is InChI=1S/C14H30N2O/c1-5-8-15-11-14(2,3)12-17-10-9-16(4)13-6-7-13/h13,15H,5-12H2,1-4H3. The summed E-state index contributed by atoms with van der Waals surface area (Å²) < 4.78 is 5.80. The van der Waals surface area contributed by atoms with Crippen LogP contribution in [0.5, 0.6) is 0 Å². The minimum absolute atomic E-state index is 0.243. The van der Waals surface area contributed by atoms with Crippen LogP contribution in [-0.2, 0) is 4.74 Å². The van der Waals surface area contributed by atoms with Gasteiger partial charge in [-0.05, 0) is 32.9 Å². The van der Waals surface area contributed by atoms with E-state index in [9.17, 15) is 0 Å². The maximum absolute atomic E-state index is 5.80. The van der Waals surface area contributed by atoms with E-state index < -0.39 is 0 Å². The lowest BCUT2D eigenvalue weighted by Crippen LogP contribution is -2.34. The zero-order chi connectivity index (χ0) is 12.7. The summed E-state index contributed by atoms with van der Waals surface area (Å²) in [7, 11) is 2.20. The molecule has 0 amide bonds. The van der Waals surface area contributed by atoms with Crippen molar-refractivity contribution in [1.82, 2.24) is 10.2 Å². The molecule has 0 aromatic carbocycles. The molecule has 0 aliphatic heterocycles. The van der Waals surface area contributed by atoms with Crippen molar-refractivity contribution in [2.24, 2.45) is 5.41 Å². The number of hydrogen-bond acceptors (Lipinski definition) is 3. The van der Waals surface area contributed by atoms with E-state index >= 15 is 0 Å². The Morgan fingerprint density at radius 3 is 2.65 bits per heavy atom. The third-order valence-electron chi connectivity index (χ3n) is 3.28. The minimum atomic E-state index is 0.243. The van der Waals surface area contributed by atoms with E-state index in [0.717, 1.165) is 38.9 Å². The van der Waals surface area contributed by atoms with Gasteiger partial charge in [0.2, 0.25) is 0 Å². The first-order valence-corrected chi connectivity index (χ1v) is 7.04. The highest BCUT2D eigenvalue weighted by Gasteiger charge is 2.25.